The molecule has 6 aromatic carbocycles. The Labute approximate surface area is 436 Å². The maximum absolute atomic E-state index is 2.80. The molecule has 4 heteroatoms. The summed E-state index contributed by atoms with van der Waals surface area (Å²) >= 11 is 2.09. The van der Waals surface area contributed by atoms with E-state index < -0.39 is 0 Å². The van der Waals surface area contributed by atoms with Gasteiger partial charge in [0, 0.05) is 43.2 Å². The molecule has 0 amide bonds. The Hall–Kier alpha value is -5.06. The van der Waals surface area contributed by atoms with E-state index in [-0.39, 0.29) is 44.6 Å². The summed E-state index contributed by atoms with van der Waals surface area (Å²) in [5.74, 6) is 0. The molecule has 0 fully saturated rings. The number of thiophene rings is 1. The molecule has 0 spiro atoms. The van der Waals surface area contributed by atoms with Crippen molar-refractivity contribution in [2.24, 2.45) is 0 Å². The highest BCUT2D eigenvalue weighted by atomic mass is 32.1. The van der Waals surface area contributed by atoms with Gasteiger partial charge < -0.3 is 9.80 Å². The van der Waals surface area contributed by atoms with E-state index >= 15 is 0 Å². The first kappa shape index (κ1) is 46.7. The van der Waals surface area contributed by atoms with Crippen LogP contribution in [0.5, 0.6) is 0 Å². The Morgan fingerprint density at radius 2 is 0.986 bits per heavy atom. The summed E-state index contributed by atoms with van der Waals surface area (Å²) in [5.41, 5.74) is 27.4. The molecular formula is C68H77BN2S. The first-order valence-corrected chi connectivity index (χ1v) is 28.5. The van der Waals surface area contributed by atoms with Crippen LogP contribution in [0.25, 0.3) is 21.2 Å². The van der Waals surface area contributed by atoms with Gasteiger partial charge in [-0.15, -0.1) is 11.3 Å². The van der Waals surface area contributed by atoms with Crippen molar-refractivity contribution in [3.63, 3.8) is 0 Å². The van der Waals surface area contributed by atoms with Crippen molar-refractivity contribution in [1.29, 1.82) is 0 Å². The normalized spacial score (nSPS) is 20.8. The zero-order chi connectivity index (χ0) is 50.6. The lowest BCUT2D eigenvalue weighted by Crippen LogP contribution is -2.60. The molecule has 7 aromatic rings. The molecular weight excluding hydrogens is 888 g/mol. The van der Waals surface area contributed by atoms with Gasteiger partial charge in [-0.05, 0) is 210 Å². The van der Waals surface area contributed by atoms with Crippen LogP contribution in [0.4, 0.5) is 34.1 Å². The highest BCUT2D eigenvalue weighted by Crippen LogP contribution is 2.57. The summed E-state index contributed by atoms with van der Waals surface area (Å²) in [5, 5.41) is 1.42. The predicted octanol–water partition coefficient (Wildman–Crippen LogP) is 17.1. The fourth-order valence-corrected chi connectivity index (χ4v) is 16.0. The molecule has 7 aliphatic rings. The third kappa shape index (κ3) is 6.71. The van der Waals surface area contributed by atoms with Gasteiger partial charge in [-0.1, -0.05) is 146 Å². The Balaban J connectivity index is 1.19. The third-order valence-corrected chi connectivity index (χ3v) is 21.0. The Morgan fingerprint density at radius 1 is 0.458 bits per heavy atom. The minimum atomic E-state index is -0.0260. The lowest BCUT2D eigenvalue weighted by molar-refractivity contribution is 0.332. The molecule has 4 aliphatic heterocycles. The van der Waals surface area contributed by atoms with Crippen LogP contribution >= 0.6 is 11.3 Å². The zero-order valence-electron chi connectivity index (χ0n) is 46.3. The lowest BCUT2D eigenvalue weighted by Gasteiger charge is -2.46. The van der Waals surface area contributed by atoms with Crippen molar-refractivity contribution in [1.82, 2.24) is 0 Å². The molecule has 5 heterocycles. The van der Waals surface area contributed by atoms with Gasteiger partial charge >= 0.3 is 0 Å². The van der Waals surface area contributed by atoms with Crippen LogP contribution in [0.1, 0.15) is 192 Å². The SMILES string of the molecule is CC(C)(C)c1ccc2c(c1)B1c3sc4cc5c(cc4c3N(c3ccc4c(c3)C(C)(C)CCC4(C)C)c3cc4cc(c31)N2c1cc2c(cc1-c1ccc(cc1)CC4)C(C)(C)CCC2(C)C)C(C)(C)CCC5(C)C. The third-order valence-electron chi connectivity index (χ3n) is 19.8. The van der Waals surface area contributed by atoms with Crippen molar-refractivity contribution >= 4 is 78.0 Å². The number of fused-ring (bicyclic) bond motifs is 12. The smallest absolute Gasteiger partial charge is 0.264 e. The van der Waals surface area contributed by atoms with Gasteiger partial charge in [0.2, 0.25) is 0 Å². The van der Waals surface area contributed by atoms with E-state index in [2.05, 4.69) is 222 Å². The van der Waals surface area contributed by atoms with Crippen LogP contribution in [-0.2, 0) is 50.7 Å². The van der Waals surface area contributed by atoms with E-state index in [1.54, 1.807) is 5.56 Å². The maximum atomic E-state index is 2.80. The van der Waals surface area contributed by atoms with Crippen LogP contribution in [-0.4, -0.2) is 6.71 Å². The van der Waals surface area contributed by atoms with E-state index in [4.69, 9.17) is 0 Å². The van der Waals surface area contributed by atoms with E-state index in [1.165, 1.54) is 154 Å². The minimum absolute atomic E-state index is 0.0260. The summed E-state index contributed by atoms with van der Waals surface area (Å²) in [6.45, 7) is 37.2. The molecule has 72 heavy (non-hydrogen) atoms. The quantitative estimate of drug-likeness (QED) is 0.151. The molecule has 4 bridgehead atoms. The fourth-order valence-electron chi connectivity index (χ4n) is 14.6. The maximum Gasteiger partial charge on any atom is 0.264 e. The first-order chi connectivity index (χ1) is 33.7. The van der Waals surface area contributed by atoms with E-state index in [0.717, 1.165) is 12.8 Å². The second kappa shape index (κ2) is 14.8. The van der Waals surface area contributed by atoms with Gasteiger partial charge in [-0.2, -0.15) is 0 Å². The fraction of sp³-hybridized carbons (Fsp3) is 0.441. The van der Waals surface area contributed by atoms with Crippen LogP contribution in [0.15, 0.2) is 97.1 Å². The lowest BCUT2D eigenvalue weighted by atomic mass is 9.36. The average Bonchev–Trinajstić information content (AvgIpc) is 3.69. The van der Waals surface area contributed by atoms with Gasteiger partial charge in [0.1, 0.15) is 0 Å². The van der Waals surface area contributed by atoms with E-state index in [9.17, 15) is 0 Å². The summed E-state index contributed by atoms with van der Waals surface area (Å²) < 4.78 is 2.91. The summed E-state index contributed by atoms with van der Waals surface area (Å²) in [4.78, 5) is 5.57. The Bertz CT molecular complexity index is 3470. The van der Waals surface area contributed by atoms with Crippen molar-refractivity contribution in [3.8, 4) is 11.1 Å². The molecule has 0 atom stereocenters. The standard InChI is InChI=1S/C68H77BN2S/c1-62(2,3)43-22-25-54-53(34-43)69-59-56(32-41-17-16-40-18-20-42(21-19-40)45-36-49-51(38-55(45)71(54)57(59)33-41)67(12,13)30-28-65(49,8)9)70(44-23-24-47-48(35-44)64(6,7)27-26-63(47,4)5)60-46-37-50-52(39-58(46)72-61(60)69)68(14,15)31-29-66(50,10)11/h18-25,32-39H,16-17,26-31H2,1-15H3. The number of anilines is 6. The van der Waals surface area contributed by atoms with Crippen molar-refractivity contribution in [2.75, 3.05) is 9.80 Å². The van der Waals surface area contributed by atoms with Crippen molar-refractivity contribution in [3.05, 3.63) is 147 Å². The van der Waals surface area contributed by atoms with Crippen molar-refractivity contribution in [2.45, 2.75) is 193 Å². The largest absolute Gasteiger partial charge is 0.311 e. The second-order valence-corrected chi connectivity index (χ2v) is 29.6. The highest BCUT2D eigenvalue weighted by molar-refractivity contribution is 7.33. The minimum Gasteiger partial charge on any atom is -0.311 e. The van der Waals surface area contributed by atoms with Gasteiger partial charge in [0.25, 0.3) is 6.71 Å². The van der Waals surface area contributed by atoms with Crippen molar-refractivity contribution < 1.29 is 0 Å². The molecule has 14 rings (SSSR count). The van der Waals surface area contributed by atoms with Gasteiger partial charge in [-0.3, -0.25) is 0 Å². The van der Waals surface area contributed by atoms with Crippen LogP contribution in [0, 0.1) is 0 Å². The molecule has 0 saturated carbocycles. The number of hydrogen-bond donors (Lipinski definition) is 0. The van der Waals surface area contributed by atoms with E-state index in [0.29, 0.717) is 0 Å². The molecule has 1 aromatic heterocycles. The Kier molecular flexibility index (Phi) is 9.62. The monoisotopic (exact) mass is 965 g/mol. The first-order valence-electron chi connectivity index (χ1n) is 27.7. The number of rotatable bonds is 1. The van der Waals surface area contributed by atoms with Crippen LogP contribution < -0.4 is 25.5 Å². The van der Waals surface area contributed by atoms with E-state index in [1.807, 2.05) is 0 Å². The molecule has 368 valence electrons. The highest BCUT2D eigenvalue weighted by Gasteiger charge is 2.49. The van der Waals surface area contributed by atoms with Crippen LogP contribution in [0.3, 0.4) is 0 Å². The topological polar surface area (TPSA) is 6.48 Å². The average molecular weight is 965 g/mol. The van der Waals surface area contributed by atoms with Gasteiger partial charge in [-0.25, -0.2) is 0 Å². The molecule has 3 aliphatic carbocycles. The molecule has 2 nitrogen and oxygen atoms in total. The zero-order valence-corrected chi connectivity index (χ0v) is 47.1. The summed E-state index contributed by atoms with van der Waals surface area (Å²) in [6.07, 6.45) is 9.13. The Morgan fingerprint density at radius 3 is 1.60 bits per heavy atom. The molecule has 0 saturated heterocycles. The second-order valence-electron chi connectivity index (χ2n) is 28.5. The van der Waals surface area contributed by atoms with Gasteiger partial charge in [0.15, 0.2) is 0 Å². The van der Waals surface area contributed by atoms with Gasteiger partial charge in [0.05, 0.1) is 11.4 Å². The molecule has 0 unspecified atom stereocenters. The van der Waals surface area contributed by atoms with Crippen LogP contribution in [0.2, 0.25) is 0 Å². The summed E-state index contributed by atoms with van der Waals surface area (Å²) in [6, 6.07) is 40.9. The number of nitrogens with zero attached hydrogens (tertiary/aromatic N) is 2. The molecule has 0 N–H and O–H groups in total. The number of aryl methyl sites for hydroxylation is 2. The predicted molar refractivity (Wildman–Crippen MR) is 313 cm³/mol. The number of hydrogen-bond acceptors (Lipinski definition) is 3. The summed E-state index contributed by atoms with van der Waals surface area (Å²) in [7, 11) is 0. The molecule has 0 radical (unpaired) electrons. The number of benzene rings is 6.